The molecule has 7 nitrogen and oxygen atoms in total. The van der Waals surface area contributed by atoms with Gasteiger partial charge in [-0.2, -0.15) is 0 Å². The van der Waals surface area contributed by atoms with E-state index in [0.717, 1.165) is 31.2 Å². The van der Waals surface area contributed by atoms with Gasteiger partial charge < -0.3 is 10.1 Å². The summed E-state index contributed by atoms with van der Waals surface area (Å²) < 4.78 is 30.5. The maximum atomic E-state index is 12.4. The van der Waals surface area contributed by atoms with E-state index in [4.69, 9.17) is 4.74 Å². The lowest BCUT2D eigenvalue weighted by molar-refractivity contribution is -0.129. The van der Waals surface area contributed by atoms with E-state index in [2.05, 4.69) is 5.32 Å². The quantitative estimate of drug-likeness (QED) is 0.771. The molecule has 1 N–H and O–H groups in total. The Hall–Kier alpha value is -2.09. The van der Waals surface area contributed by atoms with E-state index in [1.165, 1.54) is 10.6 Å². The average molecular weight is 394 g/mol. The lowest BCUT2D eigenvalue weighted by Gasteiger charge is -2.29. The fraction of sp³-hybridized carbons (Fsp3) is 0.579. The van der Waals surface area contributed by atoms with Crippen molar-refractivity contribution < 1.29 is 22.7 Å². The van der Waals surface area contributed by atoms with Crippen LogP contribution in [0.5, 0.6) is 0 Å². The number of nitrogens with zero attached hydrogens (tertiary/aromatic N) is 1. The van der Waals surface area contributed by atoms with Crippen LogP contribution in [0.15, 0.2) is 18.2 Å². The van der Waals surface area contributed by atoms with Crippen molar-refractivity contribution in [1.29, 1.82) is 0 Å². The third-order valence-electron chi connectivity index (χ3n) is 5.15. The molecule has 1 saturated carbocycles. The Kier molecular flexibility index (Phi) is 5.74. The standard InChI is InChI=1S/C19H26N2O5S/c1-13(18(22)20-16-7-3-4-8-16)26-19(23)15-9-10-17-14(12-15)6-5-11-21(17)27(2,24)25/h9-10,12-13,16H,3-8,11H2,1-2H3,(H,20,22)/t13-/m1/s1. The highest BCUT2D eigenvalue weighted by molar-refractivity contribution is 7.92. The van der Waals surface area contributed by atoms with Gasteiger partial charge in [-0.1, -0.05) is 12.8 Å². The van der Waals surface area contributed by atoms with Gasteiger partial charge in [0, 0.05) is 12.6 Å². The lowest BCUT2D eigenvalue weighted by Crippen LogP contribution is -2.40. The van der Waals surface area contributed by atoms with Crippen LogP contribution in [0, 0.1) is 0 Å². The first-order valence-electron chi connectivity index (χ1n) is 9.37. The third kappa shape index (κ3) is 4.61. The van der Waals surface area contributed by atoms with Crippen molar-refractivity contribution in [3.8, 4) is 0 Å². The van der Waals surface area contributed by atoms with Crippen molar-refractivity contribution in [1.82, 2.24) is 5.32 Å². The predicted molar refractivity (Wildman–Crippen MR) is 102 cm³/mol. The molecule has 3 rings (SSSR count). The summed E-state index contributed by atoms with van der Waals surface area (Å²) in [5.74, 6) is -0.861. The number of nitrogens with one attached hydrogen (secondary N) is 1. The molecule has 1 aromatic rings. The number of ether oxygens (including phenoxy) is 1. The number of fused-ring (bicyclic) bond motifs is 1. The van der Waals surface area contributed by atoms with Crippen LogP contribution in [0.25, 0.3) is 0 Å². The Balaban J connectivity index is 1.67. The van der Waals surface area contributed by atoms with Crippen molar-refractivity contribution in [2.45, 2.75) is 57.6 Å². The van der Waals surface area contributed by atoms with E-state index < -0.39 is 22.1 Å². The minimum Gasteiger partial charge on any atom is -0.449 e. The van der Waals surface area contributed by atoms with Gasteiger partial charge >= 0.3 is 5.97 Å². The molecule has 0 unspecified atom stereocenters. The molecule has 0 aromatic heterocycles. The highest BCUT2D eigenvalue weighted by Gasteiger charge is 2.27. The molecule has 0 radical (unpaired) electrons. The van der Waals surface area contributed by atoms with E-state index >= 15 is 0 Å². The smallest absolute Gasteiger partial charge is 0.338 e. The summed E-state index contributed by atoms with van der Waals surface area (Å²) in [4.78, 5) is 24.6. The minimum atomic E-state index is -3.35. The van der Waals surface area contributed by atoms with Crippen LogP contribution < -0.4 is 9.62 Å². The van der Waals surface area contributed by atoms with E-state index in [-0.39, 0.29) is 11.9 Å². The van der Waals surface area contributed by atoms with Crippen LogP contribution in [0.1, 0.15) is 54.9 Å². The number of carbonyl (C=O) groups excluding carboxylic acids is 2. The van der Waals surface area contributed by atoms with Crippen molar-refractivity contribution in [3.05, 3.63) is 29.3 Å². The monoisotopic (exact) mass is 394 g/mol. The fourth-order valence-electron chi connectivity index (χ4n) is 3.70. The Morgan fingerprint density at radius 1 is 1.22 bits per heavy atom. The van der Waals surface area contributed by atoms with Crippen LogP contribution in [-0.2, 0) is 26.0 Å². The van der Waals surface area contributed by atoms with Crippen molar-refractivity contribution in [2.75, 3.05) is 17.1 Å². The van der Waals surface area contributed by atoms with Crippen molar-refractivity contribution in [2.24, 2.45) is 0 Å². The lowest BCUT2D eigenvalue weighted by atomic mass is 10.0. The second-order valence-electron chi connectivity index (χ2n) is 7.32. The molecule has 148 valence electrons. The molecule has 1 heterocycles. The van der Waals surface area contributed by atoms with Gasteiger partial charge in [0.05, 0.1) is 17.5 Å². The molecule has 8 heteroatoms. The molecular weight excluding hydrogens is 368 g/mol. The van der Waals surface area contributed by atoms with Gasteiger partial charge in [-0.3, -0.25) is 9.10 Å². The zero-order chi connectivity index (χ0) is 19.6. The van der Waals surface area contributed by atoms with Crippen molar-refractivity contribution in [3.63, 3.8) is 0 Å². The summed E-state index contributed by atoms with van der Waals surface area (Å²) in [5, 5.41) is 2.92. The van der Waals surface area contributed by atoms with Crippen LogP contribution in [0.4, 0.5) is 5.69 Å². The van der Waals surface area contributed by atoms with Crippen LogP contribution in [-0.4, -0.2) is 45.2 Å². The van der Waals surface area contributed by atoms with Gasteiger partial charge in [0.25, 0.3) is 5.91 Å². The molecule has 1 aliphatic heterocycles. The summed E-state index contributed by atoms with van der Waals surface area (Å²) in [5.41, 5.74) is 1.72. The SMILES string of the molecule is C[C@@H](OC(=O)c1ccc2c(c1)CCCN2S(C)(=O)=O)C(=O)NC1CCCC1. The summed E-state index contributed by atoms with van der Waals surface area (Å²) in [6, 6.07) is 5.02. The number of aryl methyl sites for hydroxylation is 1. The predicted octanol–water partition coefficient (Wildman–Crippen LogP) is 2.00. The van der Waals surface area contributed by atoms with Gasteiger partial charge in [0.2, 0.25) is 10.0 Å². The molecule has 0 bridgehead atoms. The number of amides is 1. The summed E-state index contributed by atoms with van der Waals surface area (Å²) in [6.07, 6.45) is 5.84. The molecule has 27 heavy (non-hydrogen) atoms. The van der Waals surface area contributed by atoms with Gasteiger partial charge in [-0.25, -0.2) is 13.2 Å². The summed E-state index contributed by atoms with van der Waals surface area (Å²) in [6.45, 7) is 2.00. The van der Waals surface area contributed by atoms with E-state index in [0.29, 0.717) is 30.6 Å². The minimum absolute atomic E-state index is 0.171. The number of benzene rings is 1. The second kappa shape index (κ2) is 7.88. The number of hydrogen-bond acceptors (Lipinski definition) is 5. The van der Waals surface area contributed by atoms with E-state index in [9.17, 15) is 18.0 Å². The number of rotatable bonds is 5. The topological polar surface area (TPSA) is 92.8 Å². The summed E-state index contributed by atoms with van der Waals surface area (Å²) in [7, 11) is -3.35. The highest BCUT2D eigenvalue weighted by atomic mass is 32.2. The number of hydrogen-bond donors (Lipinski definition) is 1. The van der Waals surface area contributed by atoms with Crippen molar-refractivity contribution >= 4 is 27.6 Å². The molecule has 0 saturated heterocycles. The van der Waals surface area contributed by atoms with Gasteiger partial charge in [-0.15, -0.1) is 0 Å². The van der Waals surface area contributed by atoms with Crippen LogP contribution >= 0.6 is 0 Å². The molecule has 1 aliphatic carbocycles. The number of anilines is 1. The largest absolute Gasteiger partial charge is 0.449 e. The molecular formula is C19H26N2O5S. The first-order valence-corrected chi connectivity index (χ1v) is 11.2. The van der Waals surface area contributed by atoms with Crippen LogP contribution in [0.3, 0.4) is 0 Å². The second-order valence-corrected chi connectivity index (χ2v) is 9.23. The fourth-order valence-corrected chi connectivity index (χ4v) is 4.70. The molecule has 2 aliphatic rings. The molecule has 1 fully saturated rings. The van der Waals surface area contributed by atoms with E-state index in [1.54, 1.807) is 25.1 Å². The maximum absolute atomic E-state index is 12.4. The first kappa shape index (κ1) is 19.7. The first-order chi connectivity index (χ1) is 12.8. The van der Waals surface area contributed by atoms with Gasteiger partial charge in [0.15, 0.2) is 6.10 Å². The van der Waals surface area contributed by atoms with Gasteiger partial charge in [-0.05, 0) is 56.4 Å². The number of esters is 1. The zero-order valence-corrected chi connectivity index (χ0v) is 16.5. The number of carbonyl (C=O) groups is 2. The summed E-state index contributed by atoms with van der Waals surface area (Å²) >= 11 is 0. The molecule has 1 aromatic carbocycles. The average Bonchev–Trinajstić information content (AvgIpc) is 3.12. The Labute approximate surface area is 160 Å². The Bertz CT molecular complexity index is 831. The zero-order valence-electron chi connectivity index (χ0n) is 15.7. The maximum Gasteiger partial charge on any atom is 0.338 e. The number of sulfonamides is 1. The highest BCUT2D eigenvalue weighted by Crippen LogP contribution is 2.30. The molecule has 0 spiro atoms. The van der Waals surface area contributed by atoms with Crippen LogP contribution in [0.2, 0.25) is 0 Å². The molecule has 1 amide bonds. The van der Waals surface area contributed by atoms with E-state index in [1.807, 2.05) is 0 Å². The normalized spacial score (nSPS) is 18.7. The Morgan fingerprint density at radius 2 is 1.93 bits per heavy atom. The third-order valence-corrected chi connectivity index (χ3v) is 6.33. The Morgan fingerprint density at radius 3 is 2.59 bits per heavy atom. The molecule has 1 atom stereocenters. The van der Waals surface area contributed by atoms with Gasteiger partial charge in [0.1, 0.15) is 0 Å².